The average molecular weight is 308 g/mol. The van der Waals surface area contributed by atoms with E-state index in [2.05, 4.69) is 51.2 Å². The number of anilines is 2. The van der Waals surface area contributed by atoms with Crippen LogP contribution >= 0.6 is 0 Å². The van der Waals surface area contributed by atoms with Crippen LogP contribution in [0.25, 0.3) is 0 Å². The monoisotopic (exact) mass is 308 g/mol. The Bertz CT molecular complexity index is 722. The maximum absolute atomic E-state index is 13.0. The lowest BCUT2D eigenvalue weighted by molar-refractivity contribution is 0.247. The summed E-state index contributed by atoms with van der Waals surface area (Å²) in [5.41, 5.74) is 4.05. The van der Waals surface area contributed by atoms with Crippen molar-refractivity contribution in [2.45, 2.75) is 45.6 Å². The summed E-state index contributed by atoms with van der Waals surface area (Å²) in [7, 11) is 0. The predicted molar refractivity (Wildman–Crippen MR) is 96.2 cm³/mol. The van der Waals surface area contributed by atoms with Crippen LogP contribution in [-0.4, -0.2) is 11.6 Å². The summed E-state index contributed by atoms with van der Waals surface area (Å²) in [5.74, 6) is 0.446. The number of carbonyl (C=O) groups is 1. The zero-order chi connectivity index (χ0) is 16.6. The van der Waals surface area contributed by atoms with Gasteiger partial charge in [-0.3, -0.25) is 4.90 Å². The molecule has 1 N–H and O–H groups in total. The molecule has 0 radical (unpaired) electrons. The Morgan fingerprint density at radius 3 is 2.57 bits per heavy atom. The molecular weight excluding hydrogens is 284 g/mol. The van der Waals surface area contributed by atoms with Crippen LogP contribution in [0.1, 0.15) is 44.2 Å². The first-order valence-corrected chi connectivity index (χ1v) is 8.15. The normalized spacial score (nSPS) is 19.1. The Balaban J connectivity index is 2.00. The van der Waals surface area contributed by atoms with Gasteiger partial charge in [0.05, 0.1) is 0 Å². The van der Waals surface area contributed by atoms with Gasteiger partial charge in [-0.15, -0.1) is 0 Å². The Morgan fingerprint density at radius 2 is 1.87 bits per heavy atom. The highest BCUT2D eigenvalue weighted by atomic mass is 16.2. The first-order valence-electron chi connectivity index (χ1n) is 8.15. The molecule has 3 nitrogen and oxygen atoms in total. The van der Waals surface area contributed by atoms with Gasteiger partial charge in [-0.25, -0.2) is 4.79 Å². The highest BCUT2D eigenvalue weighted by Crippen LogP contribution is 2.43. The third-order valence-corrected chi connectivity index (χ3v) is 4.60. The topological polar surface area (TPSA) is 32.3 Å². The van der Waals surface area contributed by atoms with Crippen LogP contribution in [0, 0.1) is 6.92 Å². The molecule has 1 atom stereocenters. The number of rotatable bonds is 1. The van der Waals surface area contributed by atoms with Crippen molar-refractivity contribution >= 4 is 17.4 Å². The number of benzene rings is 2. The molecule has 1 heterocycles. The molecule has 0 bridgehead atoms. The number of amides is 2. The number of carbonyl (C=O) groups excluding carboxylic acids is 1. The first kappa shape index (κ1) is 15.6. The molecule has 1 aliphatic heterocycles. The van der Waals surface area contributed by atoms with Crippen molar-refractivity contribution in [1.29, 1.82) is 0 Å². The molecule has 0 saturated heterocycles. The van der Waals surface area contributed by atoms with Crippen molar-refractivity contribution in [2.75, 3.05) is 10.2 Å². The molecule has 120 valence electrons. The van der Waals surface area contributed by atoms with Gasteiger partial charge >= 0.3 is 6.03 Å². The Morgan fingerprint density at radius 1 is 1.17 bits per heavy atom. The largest absolute Gasteiger partial charge is 0.326 e. The Labute approximate surface area is 138 Å². The lowest BCUT2D eigenvalue weighted by atomic mass is 9.80. The summed E-state index contributed by atoms with van der Waals surface area (Å²) in [4.78, 5) is 14.9. The van der Waals surface area contributed by atoms with E-state index in [-0.39, 0.29) is 11.6 Å². The minimum atomic E-state index is -0.223. The molecule has 0 aliphatic carbocycles. The van der Waals surface area contributed by atoms with Gasteiger partial charge in [-0.05, 0) is 62.4 Å². The second kappa shape index (κ2) is 5.73. The summed E-state index contributed by atoms with van der Waals surface area (Å²) in [6.45, 7) is 8.58. The van der Waals surface area contributed by atoms with Crippen molar-refractivity contribution in [2.24, 2.45) is 0 Å². The fourth-order valence-electron chi connectivity index (χ4n) is 3.63. The fourth-order valence-corrected chi connectivity index (χ4v) is 3.63. The van der Waals surface area contributed by atoms with Crippen LogP contribution in [0.2, 0.25) is 0 Å². The molecule has 3 rings (SSSR count). The van der Waals surface area contributed by atoms with E-state index in [9.17, 15) is 4.79 Å². The molecule has 0 fully saturated rings. The highest BCUT2D eigenvalue weighted by molar-refractivity contribution is 6.03. The van der Waals surface area contributed by atoms with E-state index in [1.807, 2.05) is 35.2 Å². The molecule has 3 heteroatoms. The molecule has 0 aromatic heterocycles. The number of hydrogen-bond acceptors (Lipinski definition) is 1. The highest BCUT2D eigenvalue weighted by Gasteiger charge is 2.40. The van der Waals surface area contributed by atoms with Crippen molar-refractivity contribution < 1.29 is 4.79 Å². The molecule has 23 heavy (non-hydrogen) atoms. The number of fused-ring (bicyclic) bond motifs is 1. The van der Waals surface area contributed by atoms with E-state index in [1.54, 1.807) is 0 Å². The van der Waals surface area contributed by atoms with Crippen molar-refractivity contribution in [3.05, 3.63) is 59.7 Å². The SMILES string of the molecule is Cc1ccc2c(c1)N(C(=O)Nc1ccccc1)C(C)(C)C[C@@H]2C. The van der Waals surface area contributed by atoms with E-state index in [4.69, 9.17) is 0 Å². The van der Waals surface area contributed by atoms with Crippen LogP contribution in [-0.2, 0) is 0 Å². The number of hydrogen-bond donors (Lipinski definition) is 1. The molecule has 0 unspecified atom stereocenters. The average Bonchev–Trinajstić information content (AvgIpc) is 2.46. The maximum atomic E-state index is 13.0. The van der Waals surface area contributed by atoms with Gasteiger partial charge in [0.15, 0.2) is 0 Å². The Kier molecular flexibility index (Phi) is 3.88. The van der Waals surface area contributed by atoms with Crippen molar-refractivity contribution in [3.8, 4) is 0 Å². The third kappa shape index (κ3) is 2.96. The fraction of sp³-hybridized carbons (Fsp3) is 0.350. The van der Waals surface area contributed by atoms with Crippen LogP contribution in [0.3, 0.4) is 0 Å². The second-order valence-corrected chi connectivity index (χ2v) is 7.11. The predicted octanol–water partition coefficient (Wildman–Crippen LogP) is 5.32. The van der Waals surface area contributed by atoms with Gasteiger partial charge in [0.25, 0.3) is 0 Å². The number of nitrogens with zero attached hydrogens (tertiary/aromatic N) is 1. The minimum Gasteiger partial charge on any atom is -0.308 e. The summed E-state index contributed by atoms with van der Waals surface area (Å²) in [5, 5.41) is 3.03. The number of nitrogens with one attached hydrogen (secondary N) is 1. The van der Waals surface area contributed by atoms with Crippen molar-refractivity contribution in [3.63, 3.8) is 0 Å². The van der Waals surface area contributed by atoms with E-state index < -0.39 is 0 Å². The molecule has 2 amide bonds. The zero-order valence-corrected chi connectivity index (χ0v) is 14.3. The van der Waals surface area contributed by atoms with Gasteiger partial charge in [0.1, 0.15) is 0 Å². The van der Waals surface area contributed by atoms with E-state index in [0.717, 1.165) is 17.8 Å². The van der Waals surface area contributed by atoms with Crippen LogP contribution in [0.4, 0.5) is 16.2 Å². The molecule has 2 aromatic carbocycles. The van der Waals surface area contributed by atoms with Crippen LogP contribution < -0.4 is 10.2 Å². The molecular formula is C20H24N2O. The summed E-state index contributed by atoms with van der Waals surface area (Å²) >= 11 is 0. The zero-order valence-electron chi connectivity index (χ0n) is 14.3. The van der Waals surface area contributed by atoms with E-state index in [1.165, 1.54) is 11.1 Å². The lowest BCUT2D eigenvalue weighted by Crippen LogP contribution is -2.53. The minimum absolute atomic E-state index is 0.0695. The lowest BCUT2D eigenvalue weighted by Gasteiger charge is -2.45. The summed E-state index contributed by atoms with van der Waals surface area (Å²) in [6, 6.07) is 16.0. The molecule has 0 saturated carbocycles. The Hall–Kier alpha value is -2.29. The second-order valence-electron chi connectivity index (χ2n) is 7.11. The summed E-state index contributed by atoms with van der Waals surface area (Å²) in [6.07, 6.45) is 0.950. The summed E-state index contributed by atoms with van der Waals surface area (Å²) < 4.78 is 0. The van der Waals surface area contributed by atoms with Crippen molar-refractivity contribution in [1.82, 2.24) is 0 Å². The molecule has 2 aromatic rings. The number of urea groups is 1. The maximum Gasteiger partial charge on any atom is 0.326 e. The molecule has 0 spiro atoms. The number of aryl methyl sites for hydroxylation is 1. The van der Waals surface area contributed by atoms with Crippen LogP contribution in [0.15, 0.2) is 48.5 Å². The first-order chi connectivity index (χ1) is 10.9. The standard InChI is InChI=1S/C20H24N2O/c1-14-10-11-17-15(2)13-20(3,4)22(18(17)12-14)19(23)21-16-8-6-5-7-9-16/h5-12,15H,13H2,1-4H3,(H,21,23)/t15-/m0/s1. The van der Waals surface area contributed by atoms with E-state index >= 15 is 0 Å². The van der Waals surface area contributed by atoms with Gasteiger partial charge < -0.3 is 5.32 Å². The van der Waals surface area contributed by atoms with Crippen LogP contribution in [0.5, 0.6) is 0 Å². The van der Waals surface area contributed by atoms with Gasteiger partial charge in [-0.2, -0.15) is 0 Å². The van der Waals surface area contributed by atoms with E-state index in [0.29, 0.717) is 5.92 Å². The van der Waals surface area contributed by atoms with Gasteiger partial charge in [-0.1, -0.05) is 37.3 Å². The third-order valence-electron chi connectivity index (χ3n) is 4.60. The number of para-hydroxylation sites is 1. The van der Waals surface area contributed by atoms with Gasteiger partial charge in [0.2, 0.25) is 0 Å². The smallest absolute Gasteiger partial charge is 0.308 e. The quantitative estimate of drug-likeness (QED) is 0.759. The molecule has 1 aliphatic rings. The van der Waals surface area contributed by atoms with Gasteiger partial charge in [0, 0.05) is 16.9 Å².